The second-order valence-electron chi connectivity index (χ2n) is 5.85. The van der Waals surface area contributed by atoms with Crippen LogP contribution in [0.3, 0.4) is 0 Å². The molecule has 4 nitrogen and oxygen atoms in total. The maximum atomic E-state index is 12.2. The highest BCUT2D eigenvalue weighted by Gasteiger charge is 2.23. The first-order valence-corrected chi connectivity index (χ1v) is 7.82. The van der Waals surface area contributed by atoms with Crippen molar-refractivity contribution in [3.05, 3.63) is 54.4 Å². The minimum absolute atomic E-state index is 0.0764. The highest BCUT2D eigenvalue weighted by atomic mass is 16.5. The Balaban J connectivity index is 1.48. The molecule has 0 spiro atoms. The summed E-state index contributed by atoms with van der Waals surface area (Å²) in [7, 11) is 0. The Hall–Kier alpha value is -2.23. The number of ether oxygens (including phenoxy) is 1. The number of piperidine rings is 1. The Morgan fingerprint density at radius 2 is 1.91 bits per heavy atom. The third-order valence-corrected chi connectivity index (χ3v) is 4.22. The van der Waals surface area contributed by atoms with E-state index in [0.717, 1.165) is 37.2 Å². The van der Waals surface area contributed by atoms with Crippen LogP contribution in [0, 0.1) is 6.92 Å². The Bertz CT molecular complexity index is 614. The molecular weight excluding hydrogens is 276 g/mol. The first kappa shape index (κ1) is 14.7. The van der Waals surface area contributed by atoms with Crippen LogP contribution in [0.15, 0.2) is 48.8 Å². The summed E-state index contributed by atoms with van der Waals surface area (Å²) < 4.78 is 7.85. The first-order chi connectivity index (χ1) is 10.7. The Kier molecular flexibility index (Phi) is 4.47. The maximum absolute atomic E-state index is 12.2. The van der Waals surface area contributed by atoms with Gasteiger partial charge in [-0.3, -0.25) is 4.79 Å². The monoisotopic (exact) mass is 298 g/mol. The molecule has 116 valence electrons. The van der Waals surface area contributed by atoms with Gasteiger partial charge in [0.1, 0.15) is 5.75 Å². The summed E-state index contributed by atoms with van der Waals surface area (Å²) in [6.07, 6.45) is 6.21. The highest BCUT2D eigenvalue weighted by Crippen LogP contribution is 2.22. The van der Waals surface area contributed by atoms with Gasteiger partial charge < -0.3 is 14.2 Å². The van der Waals surface area contributed by atoms with Crippen molar-refractivity contribution in [3.8, 4) is 5.75 Å². The van der Waals surface area contributed by atoms with Crippen molar-refractivity contribution in [3.63, 3.8) is 0 Å². The molecule has 1 saturated heterocycles. The Labute approximate surface area is 131 Å². The summed E-state index contributed by atoms with van der Waals surface area (Å²) in [4.78, 5) is 14.2. The largest absolute Gasteiger partial charge is 0.484 e. The molecule has 3 rings (SSSR count). The molecule has 2 heterocycles. The van der Waals surface area contributed by atoms with Crippen molar-refractivity contribution in [1.29, 1.82) is 0 Å². The average Bonchev–Trinajstić information content (AvgIpc) is 3.07. The van der Waals surface area contributed by atoms with E-state index < -0.39 is 0 Å². The Morgan fingerprint density at radius 1 is 1.18 bits per heavy atom. The van der Waals surface area contributed by atoms with E-state index in [1.165, 1.54) is 0 Å². The predicted octanol–water partition coefficient (Wildman–Crippen LogP) is 3.04. The molecular formula is C18H22N2O2. The molecule has 1 fully saturated rings. The van der Waals surface area contributed by atoms with Crippen LogP contribution in [-0.4, -0.2) is 35.1 Å². The van der Waals surface area contributed by atoms with Crippen molar-refractivity contribution in [2.45, 2.75) is 25.8 Å². The molecule has 1 aromatic heterocycles. The topological polar surface area (TPSA) is 34.5 Å². The zero-order chi connectivity index (χ0) is 15.4. The summed E-state index contributed by atoms with van der Waals surface area (Å²) in [5, 5.41) is 0. The molecule has 0 radical (unpaired) electrons. The fourth-order valence-corrected chi connectivity index (χ4v) is 2.95. The van der Waals surface area contributed by atoms with Crippen LogP contribution in [0.2, 0.25) is 0 Å². The van der Waals surface area contributed by atoms with E-state index in [0.29, 0.717) is 6.04 Å². The van der Waals surface area contributed by atoms with Gasteiger partial charge in [-0.2, -0.15) is 0 Å². The number of likely N-dealkylation sites (tertiary alicyclic amines) is 1. The van der Waals surface area contributed by atoms with Gasteiger partial charge in [0.15, 0.2) is 6.61 Å². The SMILES string of the molecule is Cc1cccc(OCC(=O)N2CCC(n3cccc3)CC2)c1. The second kappa shape index (κ2) is 6.69. The fraction of sp³-hybridized carbons (Fsp3) is 0.389. The number of carbonyl (C=O) groups excluding carboxylic acids is 1. The van der Waals surface area contributed by atoms with E-state index in [4.69, 9.17) is 4.74 Å². The summed E-state index contributed by atoms with van der Waals surface area (Å²) >= 11 is 0. The third kappa shape index (κ3) is 3.50. The number of aryl methyl sites for hydroxylation is 1. The van der Waals surface area contributed by atoms with Gasteiger partial charge in [-0.25, -0.2) is 0 Å². The summed E-state index contributed by atoms with van der Waals surface area (Å²) in [5.74, 6) is 0.836. The lowest BCUT2D eigenvalue weighted by Gasteiger charge is -2.32. The van der Waals surface area contributed by atoms with Crippen molar-refractivity contribution >= 4 is 5.91 Å². The molecule has 2 aromatic rings. The molecule has 1 aromatic carbocycles. The number of amides is 1. The smallest absolute Gasteiger partial charge is 0.260 e. The van der Waals surface area contributed by atoms with Crippen molar-refractivity contribution < 1.29 is 9.53 Å². The van der Waals surface area contributed by atoms with Crippen LogP contribution in [0.25, 0.3) is 0 Å². The second-order valence-corrected chi connectivity index (χ2v) is 5.85. The molecule has 0 N–H and O–H groups in total. The van der Waals surface area contributed by atoms with Crippen LogP contribution in [0.1, 0.15) is 24.4 Å². The number of benzene rings is 1. The number of nitrogens with zero attached hydrogens (tertiary/aromatic N) is 2. The molecule has 0 saturated carbocycles. The lowest BCUT2D eigenvalue weighted by molar-refractivity contribution is -0.134. The summed E-state index contributed by atoms with van der Waals surface area (Å²) in [5.41, 5.74) is 1.14. The first-order valence-electron chi connectivity index (χ1n) is 7.82. The van der Waals surface area contributed by atoms with Gasteiger partial charge in [0, 0.05) is 31.5 Å². The van der Waals surface area contributed by atoms with Crippen LogP contribution in [0.4, 0.5) is 0 Å². The molecule has 4 heteroatoms. The molecule has 22 heavy (non-hydrogen) atoms. The minimum Gasteiger partial charge on any atom is -0.484 e. The zero-order valence-electron chi connectivity index (χ0n) is 12.9. The van der Waals surface area contributed by atoms with Crippen molar-refractivity contribution in [2.75, 3.05) is 19.7 Å². The lowest BCUT2D eigenvalue weighted by atomic mass is 10.1. The standard InChI is InChI=1S/C18H22N2O2/c1-15-5-4-6-17(13-15)22-14-18(21)20-11-7-16(8-12-20)19-9-2-3-10-19/h2-6,9-10,13,16H,7-8,11-12,14H2,1H3. The van der Waals surface area contributed by atoms with Gasteiger partial charge in [-0.1, -0.05) is 12.1 Å². The number of hydrogen-bond donors (Lipinski definition) is 0. The summed E-state index contributed by atoms with van der Waals surface area (Å²) in [6, 6.07) is 12.4. The molecule has 0 bridgehead atoms. The van der Waals surface area contributed by atoms with E-state index in [2.05, 4.69) is 17.0 Å². The molecule has 1 aliphatic heterocycles. The quantitative estimate of drug-likeness (QED) is 0.869. The predicted molar refractivity (Wildman–Crippen MR) is 86.0 cm³/mol. The van der Waals surface area contributed by atoms with Crippen LogP contribution < -0.4 is 4.74 Å². The van der Waals surface area contributed by atoms with Crippen molar-refractivity contribution in [2.24, 2.45) is 0 Å². The minimum atomic E-state index is 0.0764. The molecule has 1 aliphatic rings. The maximum Gasteiger partial charge on any atom is 0.260 e. The molecule has 1 amide bonds. The van der Waals surface area contributed by atoms with E-state index in [9.17, 15) is 4.79 Å². The number of aromatic nitrogens is 1. The van der Waals surface area contributed by atoms with E-state index in [-0.39, 0.29) is 12.5 Å². The average molecular weight is 298 g/mol. The number of rotatable bonds is 4. The van der Waals surface area contributed by atoms with Gasteiger partial charge in [-0.15, -0.1) is 0 Å². The normalized spacial score (nSPS) is 15.8. The van der Waals surface area contributed by atoms with Gasteiger partial charge in [0.05, 0.1) is 0 Å². The van der Waals surface area contributed by atoms with Crippen LogP contribution in [0.5, 0.6) is 5.75 Å². The summed E-state index contributed by atoms with van der Waals surface area (Å²) in [6.45, 7) is 3.75. The van der Waals surface area contributed by atoms with Crippen molar-refractivity contribution in [1.82, 2.24) is 9.47 Å². The highest BCUT2D eigenvalue weighted by molar-refractivity contribution is 5.77. The van der Waals surface area contributed by atoms with Gasteiger partial charge in [0.2, 0.25) is 0 Å². The number of hydrogen-bond acceptors (Lipinski definition) is 2. The molecule has 0 unspecified atom stereocenters. The third-order valence-electron chi connectivity index (χ3n) is 4.22. The van der Waals surface area contributed by atoms with Gasteiger partial charge in [0.25, 0.3) is 5.91 Å². The van der Waals surface area contributed by atoms with E-state index >= 15 is 0 Å². The van der Waals surface area contributed by atoms with E-state index in [1.807, 2.05) is 48.2 Å². The van der Waals surface area contributed by atoms with Crippen LogP contribution in [-0.2, 0) is 4.79 Å². The zero-order valence-corrected chi connectivity index (χ0v) is 12.9. The van der Waals surface area contributed by atoms with Gasteiger partial charge in [-0.05, 0) is 49.6 Å². The molecule has 0 aliphatic carbocycles. The van der Waals surface area contributed by atoms with E-state index in [1.54, 1.807) is 0 Å². The lowest BCUT2D eigenvalue weighted by Crippen LogP contribution is -2.41. The Morgan fingerprint density at radius 3 is 2.59 bits per heavy atom. The molecule has 0 atom stereocenters. The van der Waals surface area contributed by atoms with Crippen LogP contribution >= 0.6 is 0 Å². The fourth-order valence-electron chi connectivity index (χ4n) is 2.95. The van der Waals surface area contributed by atoms with Gasteiger partial charge >= 0.3 is 0 Å². The number of carbonyl (C=O) groups is 1.